The van der Waals surface area contributed by atoms with Gasteiger partial charge in [0.05, 0.1) is 5.52 Å². The van der Waals surface area contributed by atoms with Crippen molar-refractivity contribution in [2.24, 2.45) is 5.73 Å². The number of aliphatic hydroxyl groups excluding tert-OH is 1. The van der Waals surface area contributed by atoms with Crippen LogP contribution >= 0.6 is 11.6 Å². The number of nitrogens with two attached hydrogens (primary N) is 1. The number of hydrogen-bond donors (Lipinski definition) is 3. The highest BCUT2D eigenvalue weighted by Gasteiger charge is 2.14. The summed E-state index contributed by atoms with van der Waals surface area (Å²) in [6.07, 6.45) is 4.66. The summed E-state index contributed by atoms with van der Waals surface area (Å²) in [7, 11) is 0. The lowest BCUT2D eigenvalue weighted by molar-refractivity contribution is 0.282. The Kier molecular flexibility index (Phi) is 6.39. The molecule has 4 nitrogen and oxygen atoms in total. The molecule has 0 saturated carbocycles. The number of halogens is 1. The smallest absolute Gasteiger partial charge is 0.0765 e. The fourth-order valence-electron chi connectivity index (χ4n) is 2.45. The lowest BCUT2D eigenvalue weighted by Crippen LogP contribution is -2.29. The van der Waals surface area contributed by atoms with E-state index in [1.807, 2.05) is 24.3 Å². The van der Waals surface area contributed by atoms with Crippen LogP contribution in [0.2, 0.25) is 5.02 Å². The molecule has 4 N–H and O–H groups in total. The molecule has 5 heteroatoms. The third-order valence-electron chi connectivity index (χ3n) is 3.58. The normalized spacial score (nSPS) is 12.7. The molecule has 0 amide bonds. The largest absolute Gasteiger partial charge is 0.396 e. The first-order valence-corrected chi connectivity index (χ1v) is 7.73. The maximum absolute atomic E-state index is 8.78. The van der Waals surface area contributed by atoms with E-state index >= 15 is 0 Å². The zero-order valence-electron chi connectivity index (χ0n) is 12.1. The van der Waals surface area contributed by atoms with E-state index in [2.05, 4.69) is 10.3 Å². The molecule has 0 spiro atoms. The summed E-state index contributed by atoms with van der Waals surface area (Å²) < 4.78 is 0. The predicted octanol–water partition coefficient (Wildman–Crippen LogP) is 2.64. The molecule has 0 fully saturated rings. The second-order valence-electron chi connectivity index (χ2n) is 5.06. The van der Waals surface area contributed by atoms with Crippen molar-refractivity contribution < 1.29 is 5.11 Å². The van der Waals surface area contributed by atoms with Gasteiger partial charge in [0, 0.05) is 35.8 Å². The number of aliphatic hydroxyl groups is 1. The van der Waals surface area contributed by atoms with E-state index in [9.17, 15) is 0 Å². The topological polar surface area (TPSA) is 71.2 Å². The van der Waals surface area contributed by atoms with Crippen LogP contribution in [0.4, 0.5) is 0 Å². The van der Waals surface area contributed by atoms with Gasteiger partial charge in [0.1, 0.15) is 0 Å². The molecular formula is C16H22ClN3O. The SMILES string of the molecule is NCC(NCCCCCO)c1ccc(Cl)c2cccnc12. The minimum Gasteiger partial charge on any atom is -0.396 e. The van der Waals surface area contributed by atoms with Crippen LogP contribution in [0.25, 0.3) is 10.9 Å². The molecule has 0 radical (unpaired) electrons. The molecule has 2 aromatic rings. The second-order valence-corrected chi connectivity index (χ2v) is 5.47. The molecule has 0 aliphatic heterocycles. The van der Waals surface area contributed by atoms with E-state index in [-0.39, 0.29) is 12.6 Å². The number of nitrogens with one attached hydrogen (secondary N) is 1. The number of rotatable bonds is 8. The van der Waals surface area contributed by atoms with Crippen molar-refractivity contribution in [3.8, 4) is 0 Å². The fraction of sp³-hybridized carbons (Fsp3) is 0.438. The minimum atomic E-state index is 0.0637. The van der Waals surface area contributed by atoms with E-state index < -0.39 is 0 Å². The number of fused-ring (bicyclic) bond motifs is 1. The monoisotopic (exact) mass is 307 g/mol. The first-order valence-electron chi connectivity index (χ1n) is 7.35. The van der Waals surface area contributed by atoms with Crippen LogP contribution < -0.4 is 11.1 Å². The fourth-order valence-corrected chi connectivity index (χ4v) is 2.67. The van der Waals surface area contributed by atoms with Crippen LogP contribution in [0.15, 0.2) is 30.5 Å². The predicted molar refractivity (Wildman–Crippen MR) is 87.5 cm³/mol. The standard InChI is InChI=1S/C16H22ClN3O/c17-14-7-6-13(16-12(14)5-4-9-20-16)15(11-18)19-8-2-1-3-10-21/h4-7,9,15,19,21H,1-3,8,10-11,18H2. The van der Waals surface area contributed by atoms with Crippen molar-refractivity contribution in [2.75, 3.05) is 19.7 Å². The Balaban J connectivity index is 2.13. The summed E-state index contributed by atoms with van der Waals surface area (Å²) in [6.45, 7) is 1.64. The summed E-state index contributed by atoms with van der Waals surface area (Å²) >= 11 is 6.22. The number of nitrogens with zero attached hydrogens (tertiary/aromatic N) is 1. The third-order valence-corrected chi connectivity index (χ3v) is 3.91. The quantitative estimate of drug-likeness (QED) is 0.656. The number of hydrogen-bond acceptors (Lipinski definition) is 4. The van der Waals surface area contributed by atoms with Crippen molar-refractivity contribution in [1.82, 2.24) is 10.3 Å². The molecule has 1 unspecified atom stereocenters. The lowest BCUT2D eigenvalue weighted by atomic mass is 10.0. The van der Waals surface area contributed by atoms with Gasteiger partial charge in [-0.15, -0.1) is 0 Å². The molecule has 1 aromatic heterocycles. The molecule has 21 heavy (non-hydrogen) atoms. The van der Waals surface area contributed by atoms with Gasteiger partial charge in [-0.3, -0.25) is 4.98 Å². The van der Waals surface area contributed by atoms with Gasteiger partial charge >= 0.3 is 0 Å². The summed E-state index contributed by atoms with van der Waals surface area (Å²) in [5.74, 6) is 0. The molecular weight excluding hydrogens is 286 g/mol. The van der Waals surface area contributed by atoms with E-state index in [0.29, 0.717) is 11.6 Å². The molecule has 114 valence electrons. The molecule has 1 heterocycles. The summed E-state index contributed by atoms with van der Waals surface area (Å²) in [4.78, 5) is 4.46. The second kappa shape index (κ2) is 8.29. The Morgan fingerprint density at radius 2 is 2.10 bits per heavy atom. The average Bonchev–Trinajstić information content (AvgIpc) is 2.52. The minimum absolute atomic E-state index is 0.0637. The van der Waals surface area contributed by atoms with Crippen LogP contribution in [0, 0.1) is 0 Å². The van der Waals surface area contributed by atoms with E-state index in [1.54, 1.807) is 6.20 Å². The van der Waals surface area contributed by atoms with Crippen LogP contribution in [0.1, 0.15) is 30.9 Å². The molecule has 0 aliphatic carbocycles. The molecule has 1 aromatic carbocycles. The Bertz CT molecular complexity index is 576. The van der Waals surface area contributed by atoms with Crippen molar-refractivity contribution in [3.63, 3.8) is 0 Å². The van der Waals surface area contributed by atoms with Gasteiger partial charge < -0.3 is 16.2 Å². The van der Waals surface area contributed by atoms with E-state index in [0.717, 1.165) is 42.3 Å². The Hall–Kier alpha value is -1.20. The van der Waals surface area contributed by atoms with Crippen LogP contribution in [0.3, 0.4) is 0 Å². The molecule has 0 saturated heterocycles. The highest BCUT2D eigenvalue weighted by molar-refractivity contribution is 6.35. The van der Waals surface area contributed by atoms with Gasteiger partial charge in [-0.2, -0.15) is 0 Å². The van der Waals surface area contributed by atoms with Gasteiger partial charge in [0.25, 0.3) is 0 Å². The zero-order chi connectivity index (χ0) is 15.1. The van der Waals surface area contributed by atoms with Crippen molar-refractivity contribution in [2.45, 2.75) is 25.3 Å². The van der Waals surface area contributed by atoms with Gasteiger partial charge in [0.15, 0.2) is 0 Å². The first-order chi connectivity index (χ1) is 10.3. The van der Waals surface area contributed by atoms with Crippen molar-refractivity contribution >= 4 is 22.5 Å². The molecule has 2 rings (SSSR count). The summed E-state index contributed by atoms with van der Waals surface area (Å²) in [6, 6.07) is 7.82. The molecule has 1 atom stereocenters. The number of benzene rings is 1. The van der Waals surface area contributed by atoms with Crippen LogP contribution in [-0.2, 0) is 0 Å². The number of pyridine rings is 1. The van der Waals surface area contributed by atoms with Gasteiger partial charge in [-0.05, 0) is 49.6 Å². The number of unbranched alkanes of at least 4 members (excludes halogenated alkanes) is 2. The summed E-state index contributed by atoms with van der Waals surface area (Å²) in [5.41, 5.74) is 7.90. The Morgan fingerprint density at radius 1 is 1.24 bits per heavy atom. The van der Waals surface area contributed by atoms with Crippen molar-refractivity contribution in [3.05, 3.63) is 41.0 Å². The molecule has 0 aliphatic rings. The average molecular weight is 308 g/mol. The Labute approximate surface area is 130 Å². The maximum atomic E-state index is 8.78. The van der Waals surface area contributed by atoms with Crippen LogP contribution in [-0.4, -0.2) is 29.8 Å². The molecule has 0 bridgehead atoms. The van der Waals surface area contributed by atoms with Crippen LogP contribution in [0.5, 0.6) is 0 Å². The summed E-state index contributed by atoms with van der Waals surface area (Å²) in [5, 5.41) is 13.9. The van der Waals surface area contributed by atoms with Crippen molar-refractivity contribution in [1.29, 1.82) is 0 Å². The van der Waals surface area contributed by atoms with Gasteiger partial charge in [0.2, 0.25) is 0 Å². The maximum Gasteiger partial charge on any atom is 0.0765 e. The number of aromatic nitrogens is 1. The van der Waals surface area contributed by atoms with Gasteiger partial charge in [-0.1, -0.05) is 17.7 Å². The lowest BCUT2D eigenvalue weighted by Gasteiger charge is -2.19. The first kappa shape index (κ1) is 16.2. The highest BCUT2D eigenvalue weighted by atomic mass is 35.5. The zero-order valence-corrected chi connectivity index (χ0v) is 12.8. The van der Waals surface area contributed by atoms with Gasteiger partial charge in [-0.25, -0.2) is 0 Å². The van der Waals surface area contributed by atoms with E-state index in [1.165, 1.54) is 0 Å². The highest BCUT2D eigenvalue weighted by Crippen LogP contribution is 2.28. The van der Waals surface area contributed by atoms with E-state index in [4.69, 9.17) is 22.4 Å². The third kappa shape index (κ3) is 4.14. The Morgan fingerprint density at radius 3 is 2.86 bits per heavy atom.